The van der Waals surface area contributed by atoms with Gasteiger partial charge in [-0.15, -0.1) is 0 Å². The molecule has 0 fully saturated rings. The molecule has 0 atom stereocenters. The fourth-order valence-electron chi connectivity index (χ4n) is 4.11. The van der Waals surface area contributed by atoms with Gasteiger partial charge in [-0.2, -0.15) is 0 Å². The van der Waals surface area contributed by atoms with Crippen molar-refractivity contribution in [1.29, 1.82) is 0 Å². The van der Waals surface area contributed by atoms with Crippen LogP contribution in [0, 0.1) is 20.8 Å². The summed E-state index contributed by atoms with van der Waals surface area (Å²) in [5.41, 5.74) is 5.37. The number of hydrogen-bond donors (Lipinski definition) is 1. The Bertz CT molecular complexity index is 906. The highest BCUT2D eigenvalue weighted by Gasteiger charge is 2.29. The van der Waals surface area contributed by atoms with E-state index in [1.165, 1.54) is 5.56 Å². The second-order valence-electron chi connectivity index (χ2n) is 8.15. The van der Waals surface area contributed by atoms with Crippen LogP contribution in [0.5, 0.6) is 0 Å². The molecule has 6 nitrogen and oxygen atoms in total. The van der Waals surface area contributed by atoms with Crippen LogP contribution in [0.2, 0.25) is 0 Å². The highest BCUT2D eigenvalue weighted by molar-refractivity contribution is 6.04. The summed E-state index contributed by atoms with van der Waals surface area (Å²) in [6.07, 6.45) is 4.78. The minimum atomic E-state index is -0.251. The van der Waals surface area contributed by atoms with Crippen LogP contribution in [-0.4, -0.2) is 39.9 Å². The molecule has 6 heteroatoms. The summed E-state index contributed by atoms with van der Waals surface area (Å²) in [7, 11) is 1.81. The largest absolute Gasteiger partial charge is 0.340 e. The molecule has 1 aromatic heterocycles. The van der Waals surface area contributed by atoms with Gasteiger partial charge in [0.15, 0.2) is 5.82 Å². The van der Waals surface area contributed by atoms with E-state index in [-0.39, 0.29) is 11.8 Å². The molecule has 0 spiro atoms. The zero-order valence-electron chi connectivity index (χ0n) is 18.3. The number of carbonyl (C=O) groups is 2. The second-order valence-corrected chi connectivity index (χ2v) is 8.15. The average Bonchev–Trinajstić information content (AvgIpc) is 3.08. The van der Waals surface area contributed by atoms with Crippen LogP contribution in [0.3, 0.4) is 0 Å². The zero-order chi connectivity index (χ0) is 21.1. The summed E-state index contributed by atoms with van der Waals surface area (Å²) < 4.78 is 1.94. The number of amides is 2. The van der Waals surface area contributed by atoms with E-state index in [0.29, 0.717) is 18.1 Å². The van der Waals surface area contributed by atoms with E-state index in [1.54, 1.807) is 4.90 Å². The molecule has 3 rings (SSSR count). The topological polar surface area (TPSA) is 67.2 Å². The van der Waals surface area contributed by atoms with Gasteiger partial charge in [0, 0.05) is 25.8 Å². The molecular weight excluding hydrogens is 364 g/mol. The number of aromatic nitrogens is 2. The Morgan fingerprint density at radius 3 is 2.52 bits per heavy atom. The Hall–Kier alpha value is -2.63. The van der Waals surface area contributed by atoms with E-state index in [4.69, 9.17) is 0 Å². The van der Waals surface area contributed by atoms with E-state index in [2.05, 4.69) is 29.4 Å². The summed E-state index contributed by atoms with van der Waals surface area (Å²) in [6.45, 7) is 9.56. The summed E-state index contributed by atoms with van der Waals surface area (Å²) in [4.78, 5) is 32.4. The van der Waals surface area contributed by atoms with Crippen LogP contribution in [-0.2, 0) is 13.0 Å². The number of rotatable bonds is 6. The lowest BCUT2D eigenvalue weighted by Gasteiger charge is -2.19. The molecule has 0 saturated heterocycles. The number of imidazole rings is 1. The quantitative estimate of drug-likeness (QED) is 0.793. The van der Waals surface area contributed by atoms with E-state index >= 15 is 0 Å². The number of carbonyl (C=O) groups excluding carboxylic acids is 2. The lowest BCUT2D eigenvalue weighted by molar-refractivity contribution is 0.0786. The summed E-state index contributed by atoms with van der Waals surface area (Å²) in [5, 5.41) is 3.04. The maximum absolute atomic E-state index is 13.1. The number of unbranched alkanes of at least 4 members (excludes halogenated alkanes) is 1. The molecule has 0 bridgehead atoms. The van der Waals surface area contributed by atoms with Crippen LogP contribution >= 0.6 is 0 Å². The molecule has 2 aromatic rings. The number of anilines is 1. The minimum absolute atomic E-state index is 0.0918. The number of hydrogen-bond acceptors (Lipinski definition) is 3. The van der Waals surface area contributed by atoms with Gasteiger partial charge in [-0.1, -0.05) is 31.0 Å². The van der Waals surface area contributed by atoms with Gasteiger partial charge >= 0.3 is 0 Å². The summed E-state index contributed by atoms with van der Waals surface area (Å²) in [6, 6.07) is 4.11. The van der Waals surface area contributed by atoms with Crippen molar-refractivity contribution in [2.45, 2.75) is 66.3 Å². The number of aryl methyl sites for hydroxylation is 3. The monoisotopic (exact) mass is 396 g/mol. The Labute approximate surface area is 173 Å². The smallest absolute Gasteiger partial charge is 0.291 e. The van der Waals surface area contributed by atoms with Crippen LogP contribution < -0.4 is 5.32 Å². The minimum Gasteiger partial charge on any atom is -0.340 e. The second kappa shape index (κ2) is 8.80. The van der Waals surface area contributed by atoms with Gasteiger partial charge in [-0.3, -0.25) is 9.59 Å². The fourth-order valence-corrected chi connectivity index (χ4v) is 4.11. The number of fused-ring (bicyclic) bond motifs is 1. The van der Waals surface area contributed by atoms with Crippen molar-refractivity contribution in [3.05, 3.63) is 46.0 Å². The highest BCUT2D eigenvalue weighted by Crippen LogP contribution is 2.25. The first-order chi connectivity index (χ1) is 13.8. The van der Waals surface area contributed by atoms with Crippen molar-refractivity contribution in [3.8, 4) is 0 Å². The molecular formula is C23H32N4O2. The first kappa shape index (κ1) is 21.1. The van der Waals surface area contributed by atoms with E-state index < -0.39 is 0 Å². The predicted molar refractivity (Wildman–Crippen MR) is 116 cm³/mol. The molecule has 1 aliphatic heterocycles. The Kier molecular flexibility index (Phi) is 6.40. The Balaban J connectivity index is 1.93. The summed E-state index contributed by atoms with van der Waals surface area (Å²) >= 11 is 0. The number of benzene rings is 1. The van der Waals surface area contributed by atoms with Crippen molar-refractivity contribution in [1.82, 2.24) is 14.5 Å². The van der Waals surface area contributed by atoms with Gasteiger partial charge in [0.05, 0.1) is 5.69 Å². The SMILES string of the molecule is CCCCN(C)C(=O)c1nc(C(=O)Nc2c(C)cc(C)cc2C)n2c1CCCC2. The Morgan fingerprint density at radius 1 is 1.17 bits per heavy atom. The zero-order valence-corrected chi connectivity index (χ0v) is 18.3. The van der Waals surface area contributed by atoms with Crippen molar-refractivity contribution < 1.29 is 9.59 Å². The maximum Gasteiger partial charge on any atom is 0.291 e. The van der Waals surface area contributed by atoms with Gasteiger partial charge in [0.2, 0.25) is 0 Å². The van der Waals surface area contributed by atoms with Gasteiger partial charge in [0.1, 0.15) is 5.69 Å². The fraction of sp³-hybridized carbons (Fsp3) is 0.522. The Morgan fingerprint density at radius 2 is 1.86 bits per heavy atom. The maximum atomic E-state index is 13.1. The van der Waals surface area contributed by atoms with E-state index in [0.717, 1.165) is 61.2 Å². The third-order valence-electron chi connectivity index (χ3n) is 5.63. The van der Waals surface area contributed by atoms with Gasteiger partial charge in [-0.05, 0) is 57.6 Å². The van der Waals surface area contributed by atoms with Crippen molar-refractivity contribution in [2.24, 2.45) is 0 Å². The normalized spacial score (nSPS) is 13.1. The van der Waals surface area contributed by atoms with Crippen molar-refractivity contribution in [3.63, 3.8) is 0 Å². The lowest BCUT2D eigenvalue weighted by Crippen LogP contribution is -2.29. The molecule has 2 heterocycles. The molecule has 0 saturated carbocycles. The van der Waals surface area contributed by atoms with Gasteiger partial charge in [0.25, 0.3) is 11.8 Å². The molecule has 0 aliphatic carbocycles. The molecule has 29 heavy (non-hydrogen) atoms. The van der Waals surface area contributed by atoms with Gasteiger partial charge in [-0.25, -0.2) is 4.98 Å². The molecule has 1 aliphatic rings. The molecule has 1 N–H and O–H groups in total. The third-order valence-corrected chi connectivity index (χ3v) is 5.63. The molecule has 0 radical (unpaired) electrons. The van der Waals surface area contributed by atoms with Gasteiger partial charge < -0.3 is 14.8 Å². The van der Waals surface area contributed by atoms with Crippen LogP contribution in [0.25, 0.3) is 0 Å². The first-order valence-electron chi connectivity index (χ1n) is 10.6. The van der Waals surface area contributed by atoms with E-state index in [9.17, 15) is 9.59 Å². The van der Waals surface area contributed by atoms with Crippen LogP contribution in [0.1, 0.15) is 76.1 Å². The predicted octanol–water partition coefficient (Wildman–Crippen LogP) is 4.27. The highest BCUT2D eigenvalue weighted by atomic mass is 16.2. The molecule has 2 amide bonds. The van der Waals surface area contributed by atoms with E-state index in [1.807, 2.05) is 32.4 Å². The van der Waals surface area contributed by atoms with Crippen LogP contribution in [0.4, 0.5) is 5.69 Å². The lowest BCUT2D eigenvalue weighted by atomic mass is 10.1. The number of nitrogens with one attached hydrogen (secondary N) is 1. The number of nitrogens with zero attached hydrogens (tertiary/aromatic N) is 3. The van der Waals surface area contributed by atoms with Crippen molar-refractivity contribution in [2.75, 3.05) is 18.9 Å². The summed E-state index contributed by atoms with van der Waals surface area (Å²) in [5.74, 6) is -0.00405. The van der Waals surface area contributed by atoms with Crippen LogP contribution in [0.15, 0.2) is 12.1 Å². The first-order valence-corrected chi connectivity index (χ1v) is 10.6. The third kappa shape index (κ3) is 4.36. The average molecular weight is 397 g/mol. The molecule has 156 valence electrons. The molecule has 0 unspecified atom stereocenters. The standard InChI is InChI=1S/C23H32N4O2/c1-6-7-11-26(5)23(29)20-18-10-8-9-12-27(18)21(24-20)22(28)25-19-16(3)13-15(2)14-17(19)4/h13-14H,6-12H2,1-5H3,(H,25,28). The van der Waals surface area contributed by atoms with Crippen molar-refractivity contribution >= 4 is 17.5 Å². The molecule has 1 aromatic carbocycles.